The van der Waals surface area contributed by atoms with Gasteiger partial charge in [-0.25, -0.2) is 0 Å². The van der Waals surface area contributed by atoms with Crippen LogP contribution in [0.25, 0.3) is 0 Å². The number of benzene rings is 1. The molecule has 1 saturated carbocycles. The van der Waals surface area contributed by atoms with Gasteiger partial charge in [-0.05, 0) is 36.5 Å². The van der Waals surface area contributed by atoms with Crippen molar-refractivity contribution in [1.29, 1.82) is 0 Å². The van der Waals surface area contributed by atoms with Crippen LogP contribution in [0.3, 0.4) is 0 Å². The number of hydrogen-bond donors (Lipinski definition) is 0. The van der Waals surface area contributed by atoms with Gasteiger partial charge in [0.05, 0.1) is 0 Å². The predicted octanol–water partition coefficient (Wildman–Crippen LogP) is 3.03. The largest absolute Gasteiger partial charge is 0.303 e. The van der Waals surface area contributed by atoms with Crippen molar-refractivity contribution in [3.8, 4) is 0 Å². The number of halogens is 1. The lowest BCUT2D eigenvalue weighted by molar-refractivity contribution is -0.113. The van der Waals surface area contributed by atoms with Crippen LogP contribution in [0.5, 0.6) is 0 Å². The van der Waals surface area contributed by atoms with Gasteiger partial charge in [0.1, 0.15) is 6.29 Å². The molecule has 0 radical (unpaired) electrons. The molecule has 2 heteroatoms. The highest BCUT2D eigenvalue weighted by Crippen LogP contribution is 2.40. The van der Waals surface area contributed by atoms with Crippen molar-refractivity contribution < 1.29 is 4.79 Å². The molecule has 1 aromatic rings. The molecule has 0 aromatic heterocycles. The third-order valence-electron chi connectivity index (χ3n) is 2.71. The van der Waals surface area contributed by atoms with Crippen LogP contribution in [0.2, 0.25) is 5.02 Å². The molecule has 0 unspecified atom stereocenters. The second-order valence-corrected chi connectivity index (χ2v) is 4.05. The Morgan fingerprint density at radius 3 is 2.38 bits per heavy atom. The van der Waals surface area contributed by atoms with Crippen LogP contribution >= 0.6 is 11.6 Å². The monoisotopic (exact) mass is 194 g/mol. The molecule has 0 atom stereocenters. The first-order chi connectivity index (χ1) is 6.29. The number of carbonyl (C=O) groups excluding carboxylic acids is 1. The van der Waals surface area contributed by atoms with Gasteiger partial charge in [0.25, 0.3) is 0 Å². The smallest absolute Gasteiger partial charge is 0.123 e. The summed E-state index contributed by atoms with van der Waals surface area (Å²) in [5, 5.41) is 0.773. The lowest BCUT2D eigenvalue weighted by Gasteiger charge is -2.31. The molecule has 1 aliphatic carbocycles. The van der Waals surface area contributed by atoms with Crippen molar-refractivity contribution in [3.05, 3.63) is 34.9 Å². The van der Waals surface area contributed by atoms with Crippen molar-refractivity contribution in [2.75, 3.05) is 0 Å². The van der Waals surface area contributed by atoms with Gasteiger partial charge in [-0.2, -0.15) is 0 Å². The zero-order valence-corrected chi connectivity index (χ0v) is 8.00. The van der Waals surface area contributed by atoms with E-state index in [1.165, 1.54) is 5.56 Å². The van der Waals surface area contributed by atoms with Crippen molar-refractivity contribution >= 4 is 17.9 Å². The van der Waals surface area contributed by atoms with Crippen molar-refractivity contribution in [3.63, 3.8) is 0 Å². The fraction of sp³-hybridized carbons (Fsp3) is 0.364. The number of aldehydes is 1. The Kier molecular flexibility index (Phi) is 2.36. The Hall–Kier alpha value is -0.820. The molecular formula is C11H11ClO. The summed E-state index contributed by atoms with van der Waals surface area (Å²) in [6, 6.07) is 7.91. The average Bonchev–Trinajstić information content (AvgIpc) is 2.06. The summed E-state index contributed by atoms with van der Waals surface area (Å²) in [5.74, 6) is 0.869. The van der Waals surface area contributed by atoms with Gasteiger partial charge in [-0.1, -0.05) is 23.7 Å². The highest BCUT2D eigenvalue weighted by molar-refractivity contribution is 6.30. The lowest BCUT2D eigenvalue weighted by Crippen LogP contribution is -2.22. The van der Waals surface area contributed by atoms with Crippen LogP contribution in [-0.2, 0) is 4.79 Å². The quantitative estimate of drug-likeness (QED) is 0.662. The van der Waals surface area contributed by atoms with E-state index in [-0.39, 0.29) is 0 Å². The van der Waals surface area contributed by atoms with Gasteiger partial charge in [0.15, 0.2) is 0 Å². The number of hydrogen-bond acceptors (Lipinski definition) is 1. The predicted molar refractivity (Wildman–Crippen MR) is 53.0 cm³/mol. The summed E-state index contributed by atoms with van der Waals surface area (Å²) in [6.07, 6.45) is 3.07. The Labute approximate surface area is 82.7 Å². The molecule has 0 N–H and O–H groups in total. The summed E-state index contributed by atoms with van der Waals surface area (Å²) in [4.78, 5) is 10.4. The van der Waals surface area contributed by atoms with E-state index in [0.29, 0.717) is 11.8 Å². The highest BCUT2D eigenvalue weighted by Gasteiger charge is 2.29. The van der Waals surface area contributed by atoms with Crippen molar-refractivity contribution in [2.24, 2.45) is 5.92 Å². The number of rotatable bonds is 2. The molecule has 13 heavy (non-hydrogen) atoms. The molecule has 68 valence electrons. The Bertz CT molecular complexity index is 298. The van der Waals surface area contributed by atoms with Crippen molar-refractivity contribution in [2.45, 2.75) is 18.8 Å². The summed E-state index contributed by atoms with van der Waals surface area (Å²) < 4.78 is 0. The van der Waals surface area contributed by atoms with E-state index in [1.807, 2.05) is 24.3 Å². The standard InChI is InChI=1S/C11H11ClO/c12-11-3-1-9(2-4-11)10-5-8(6-10)7-13/h1-4,7-8,10H,5-6H2. The van der Waals surface area contributed by atoms with E-state index in [0.717, 1.165) is 24.2 Å². The van der Waals surface area contributed by atoms with E-state index in [9.17, 15) is 4.79 Å². The van der Waals surface area contributed by atoms with Gasteiger partial charge in [-0.3, -0.25) is 0 Å². The van der Waals surface area contributed by atoms with E-state index in [1.54, 1.807) is 0 Å². The third-order valence-corrected chi connectivity index (χ3v) is 2.96. The first kappa shape index (κ1) is 8.76. The van der Waals surface area contributed by atoms with Crippen LogP contribution in [0, 0.1) is 5.92 Å². The molecule has 0 bridgehead atoms. The SMILES string of the molecule is O=CC1CC(c2ccc(Cl)cc2)C1. The Balaban J connectivity index is 2.03. The summed E-state index contributed by atoms with van der Waals surface area (Å²) >= 11 is 5.78. The Morgan fingerprint density at radius 1 is 1.23 bits per heavy atom. The van der Waals surface area contributed by atoms with Crippen LogP contribution in [0.1, 0.15) is 24.3 Å². The normalized spacial score (nSPS) is 26.5. The molecular weight excluding hydrogens is 184 g/mol. The van der Waals surface area contributed by atoms with Crippen molar-refractivity contribution in [1.82, 2.24) is 0 Å². The molecule has 0 spiro atoms. The second kappa shape index (κ2) is 3.51. The number of carbonyl (C=O) groups is 1. The zero-order chi connectivity index (χ0) is 9.26. The lowest BCUT2D eigenvalue weighted by atomic mass is 9.72. The van der Waals surface area contributed by atoms with Gasteiger partial charge in [0.2, 0.25) is 0 Å². The van der Waals surface area contributed by atoms with Gasteiger partial charge in [0, 0.05) is 10.9 Å². The van der Waals surface area contributed by atoms with Gasteiger partial charge in [-0.15, -0.1) is 0 Å². The summed E-state index contributed by atoms with van der Waals surface area (Å²) in [7, 11) is 0. The Morgan fingerprint density at radius 2 is 1.85 bits per heavy atom. The van der Waals surface area contributed by atoms with E-state index >= 15 is 0 Å². The topological polar surface area (TPSA) is 17.1 Å². The summed E-state index contributed by atoms with van der Waals surface area (Å²) in [6.45, 7) is 0. The molecule has 1 fully saturated rings. The molecule has 1 nitrogen and oxygen atoms in total. The third kappa shape index (κ3) is 1.75. The molecule has 0 heterocycles. The van der Waals surface area contributed by atoms with E-state index in [2.05, 4.69) is 0 Å². The van der Waals surface area contributed by atoms with E-state index in [4.69, 9.17) is 11.6 Å². The van der Waals surface area contributed by atoms with E-state index < -0.39 is 0 Å². The first-order valence-electron chi connectivity index (χ1n) is 4.50. The average molecular weight is 195 g/mol. The van der Waals surface area contributed by atoms with Crippen LogP contribution in [0.15, 0.2) is 24.3 Å². The first-order valence-corrected chi connectivity index (χ1v) is 4.88. The van der Waals surface area contributed by atoms with Gasteiger partial charge >= 0.3 is 0 Å². The minimum Gasteiger partial charge on any atom is -0.303 e. The second-order valence-electron chi connectivity index (χ2n) is 3.62. The molecule has 1 aliphatic rings. The maximum atomic E-state index is 10.4. The van der Waals surface area contributed by atoms with Crippen LogP contribution in [0.4, 0.5) is 0 Å². The minimum absolute atomic E-state index is 0.292. The van der Waals surface area contributed by atoms with Gasteiger partial charge < -0.3 is 4.79 Å². The molecule has 0 aliphatic heterocycles. The van der Waals surface area contributed by atoms with Crippen LogP contribution in [-0.4, -0.2) is 6.29 Å². The highest BCUT2D eigenvalue weighted by atomic mass is 35.5. The minimum atomic E-state index is 0.292. The summed E-state index contributed by atoms with van der Waals surface area (Å²) in [5.41, 5.74) is 1.31. The molecule has 1 aromatic carbocycles. The zero-order valence-electron chi connectivity index (χ0n) is 7.24. The molecule has 2 rings (SSSR count). The molecule has 0 amide bonds. The maximum Gasteiger partial charge on any atom is 0.123 e. The fourth-order valence-corrected chi connectivity index (χ4v) is 1.91. The fourth-order valence-electron chi connectivity index (χ4n) is 1.78. The van der Waals surface area contributed by atoms with Crippen LogP contribution < -0.4 is 0 Å². The molecule has 0 saturated heterocycles. The maximum absolute atomic E-state index is 10.4.